The van der Waals surface area contributed by atoms with Gasteiger partial charge >= 0.3 is 0 Å². The van der Waals surface area contributed by atoms with E-state index < -0.39 is 0 Å². The first kappa shape index (κ1) is 14.3. The van der Waals surface area contributed by atoms with E-state index in [0.717, 1.165) is 22.7 Å². The minimum atomic E-state index is -0.269. The van der Waals surface area contributed by atoms with Crippen molar-refractivity contribution in [3.63, 3.8) is 0 Å². The standard InChI is InChI=1S/C15H16BrN3O2/c16-9-3-4-13-11(6-9)12(7-14(20)18-13)15(21)19-5-1-2-10(17)8-19/h3-4,6-7,10H,1-2,5,8,17H2,(H,18,20). The molecule has 0 radical (unpaired) electrons. The van der Waals surface area contributed by atoms with E-state index >= 15 is 0 Å². The Morgan fingerprint density at radius 2 is 2.19 bits per heavy atom. The third-order valence-electron chi connectivity index (χ3n) is 3.78. The average Bonchev–Trinajstić information content (AvgIpc) is 2.46. The van der Waals surface area contributed by atoms with Gasteiger partial charge in [-0.25, -0.2) is 0 Å². The van der Waals surface area contributed by atoms with Gasteiger partial charge in [0.2, 0.25) is 5.56 Å². The SMILES string of the molecule is NC1CCCN(C(=O)c2cc(=O)[nH]c3ccc(Br)cc23)C1. The summed E-state index contributed by atoms with van der Waals surface area (Å²) in [6.07, 6.45) is 1.84. The smallest absolute Gasteiger partial charge is 0.254 e. The Balaban J connectivity index is 2.08. The van der Waals surface area contributed by atoms with E-state index in [1.54, 1.807) is 11.0 Å². The second-order valence-corrected chi connectivity index (χ2v) is 6.31. The molecule has 6 heteroatoms. The number of H-pyrrole nitrogens is 1. The number of amides is 1. The molecule has 1 aliphatic heterocycles. The van der Waals surface area contributed by atoms with Crippen LogP contribution in [0.25, 0.3) is 10.9 Å². The predicted molar refractivity (Wildman–Crippen MR) is 85.4 cm³/mol. The maximum Gasteiger partial charge on any atom is 0.254 e. The normalized spacial score (nSPS) is 19.0. The first-order valence-electron chi connectivity index (χ1n) is 6.92. The summed E-state index contributed by atoms with van der Waals surface area (Å²) in [5.74, 6) is -0.126. The quantitative estimate of drug-likeness (QED) is 0.824. The number of aromatic nitrogens is 1. The zero-order chi connectivity index (χ0) is 15.0. The molecular weight excluding hydrogens is 334 g/mol. The number of carbonyl (C=O) groups is 1. The molecule has 2 heterocycles. The van der Waals surface area contributed by atoms with Crippen molar-refractivity contribution >= 4 is 32.7 Å². The van der Waals surface area contributed by atoms with E-state index in [9.17, 15) is 9.59 Å². The van der Waals surface area contributed by atoms with Gasteiger partial charge in [-0.1, -0.05) is 15.9 Å². The number of nitrogens with one attached hydrogen (secondary N) is 1. The van der Waals surface area contributed by atoms with Crippen LogP contribution in [0.5, 0.6) is 0 Å². The summed E-state index contributed by atoms with van der Waals surface area (Å²) in [6, 6.07) is 6.87. The molecule has 3 N–H and O–H groups in total. The second kappa shape index (κ2) is 5.61. The molecule has 0 aliphatic carbocycles. The summed E-state index contributed by atoms with van der Waals surface area (Å²) in [5.41, 5.74) is 6.77. The maximum atomic E-state index is 12.7. The topological polar surface area (TPSA) is 79.2 Å². The number of halogens is 1. The molecule has 1 aromatic carbocycles. The zero-order valence-corrected chi connectivity index (χ0v) is 13.0. The lowest BCUT2D eigenvalue weighted by Gasteiger charge is -2.31. The van der Waals surface area contributed by atoms with Gasteiger partial charge in [0.25, 0.3) is 5.91 Å². The molecule has 21 heavy (non-hydrogen) atoms. The van der Waals surface area contributed by atoms with Crippen LogP contribution in [0.2, 0.25) is 0 Å². The third kappa shape index (κ3) is 2.87. The molecule has 1 aromatic heterocycles. The molecule has 0 spiro atoms. The fraction of sp³-hybridized carbons (Fsp3) is 0.333. The van der Waals surface area contributed by atoms with Crippen LogP contribution in [0.1, 0.15) is 23.2 Å². The van der Waals surface area contributed by atoms with Crippen LogP contribution in [0.15, 0.2) is 33.5 Å². The van der Waals surface area contributed by atoms with Crippen LogP contribution in [-0.2, 0) is 0 Å². The Morgan fingerprint density at radius 1 is 1.38 bits per heavy atom. The summed E-state index contributed by atoms with van der Waals surface area (Å²) in [5, 5.41) is 0.744. The van der Waals surface area contributed by atoms with Gasteiger partial charge in [-0.3, -0.25) is 9.59 Å². The molecule has 2 aromatic rings. The number of aromatic amines is 1. The van der Waals surface area contributed by atoms with Crippen LogP contribution in [-0.4, -0.2) is 34.9 Å². The Labute approximate surface area is 130 Å². The van der Waals surface area contributed by atoms with Crippen LogP contribution in [0.4, 0.5) is 0 Å². The van der Waals surface area contributed by atoms with E-state index in [-0.39, 0.29) is 17.5 Å². The molecule has 1 saturated heterocycles. The highest BCUT2D eigenvalue weighted by Gasteiger charge is 2.24. The van der Waals surface area contributed by atoms with E-state index in [0.29, 0.717) is 24.2 Å². The van der Waals surface area contributed by atoms with Gasteiger partial charge in [0.05, 0.1) is 5.56 Å². The number of nitrogens with two attached hydrogens (primary N) is 1. The highest BCUT2D eigenvalue weighted by Crippen LogP contribution is 2.22. The predicted octanol–water partition coefficient (Wildman–Crippen LogP) is 1.85. The van der Waals surface area contributed by atoms with Crippen molar-refractivity contribution < 1.29 is 4.79 Å². The highest BCUT2D eigenvalue weighted by atomic mass is 79.9. The lowest BCUT2D eigenvalue weighted by atomic mass is 10.0. The van der Waals surface area contributed by atoms with Crippen LogP contribution in [0.3, 0.4) is 0 Å². The van der Waals surface area contributed by atoms with Crippen molar-refractivity contribution in [1.29, 1.82) is 0 Å². The molecule has 1 atom stereocenters. The van der Waals surface area contributed by atoms with E-state index in [1.807, 2.05) is 12.1 Å². The number of pyridine rings is 1. The minimum Gasteiger partial charge on any atom is -0.337 e. The first-order chi connectivity index (χ1) is 10.0. The van der Waals surface area contributed by atoms with Gasteiger partial charge in [0.15, 0.2) is 0 Å². The van der Waals surface area contributed by atoms with Crippen LogP contribution in [0, 0.1) is 0 Å². The molecule has 0 saturated carbocycles. The largest absolute Gasteiger partial charge is 0.337 e. The first-order valence-corrected chi connectivity index (χ1v) is 7.71. The van der Waals surface area contributed by atoms with Crippen LogP contribution < -0.4 is 11.3 Å². The number of carbonyl (C=O) groups excluding carboxylic acids is 1. The van der Waals surface area contributed by atoms with Crippen molar-refractivity contribution in [2.24, 2.45) is 5.73 Å². The molecule has 1 amide bonds. The molecular formula is C15H16BrN3O2. The van der Waals surface area contributed by atoms with Crippen molar-refractivity contribution in [2.75, 3.05) is 13.1 Å². The summed E-state index contributed by atoms with van der Waals surface area (Å²) >= 11 is 3.40. The molecule has 1 aliphatic rings. The summed E-state index contributed by atoms with van der Waals surface area (Å²) in [4.78, 5) is 29.0. The molecule has 0 bridgehead atoms. The Morgan fingerprint density at radius 3 is 2.95 bits per heavy atom. The minimum absolute atomic E-state index is 0.0164. The van der Waals surface area contributed by atoms with Crippen LogP contribution >= 0.6 is 15.9 Å². The van der Waals surface area contributed by atoms with Gasteiger partial charge in [0.1, 0.15) is 0 Å². The highest BCUT2D eigenvalue weighted by molar-refractivity contribution is 9.10. The third-order valence-corrected chi connectivity index (χ3v) is 4.27. The Bertz CT molecular complexity index is 756. The lowest BCUT2D eigenvalue weighted by molar-refractivity contribution is 0.0710. The number of nitrogens with zero attached hydrogens (tertiary/aromatic N) is 1. The molecule has 5 nitrogen and oxygen atoms in total. The van der Waals surface area contributed by atoms with E-state index in [1.165, 1.54) is 6.07 Å². The number of hydrogen-bond donors (Lipinski definition) is 2. The fourth-order valence-electron chi connectivity index (χ4n) is 2.77. The average molecular weight is 350 g/mol. The molecule has 110 valence electrons. The lowest BCUT2D eigenvalue weighted by Crippen LogP contribution is -2.45. The molecule has 1 unspecified atom stereocenters. The number of hydrogen-bond acceptors (Lipinski definition) is 3. The summed E-state index contributed by atoms with van der Waals surface area (Å²) in [7, 11) is 0. The van der Waals surface area contributed by atoms with Crippen molar-refractivity contribution in [3.05, 3.63) is 44.7 Å². The number of likely N-dealkylation sites (tertiary alicyclic amines) is 1. The second-order valence-electron chi connectivity index (χ2n) is 5.39. The van der Waals surface area contributed by atoms with Gasteiger partial charge in [-0.15, -0.1) is 0 Å². The Kier molecular flexibility index (Phi) is 3.82. The van der Waals surface area contributed by atoms with Crippen molar-refractivity contribution in [2.45, 2.75) is 18.9 Å². The summed E-state index contributed by atoms with van der Waals surface area (Å²) < 4.78 is 0.867. The molecule has 1 fully saturated rings. The van der Waals surface area contributed by atoms with E-state index in [4.69, 9.17) is 5.73 Å². The van der Waals surface area contributed by atoms with Gasteiger partial charge < -0.3 is 15.6 Å². The van der Waals surface area contributed by atoms with Crippen molar-refractivity contribution in [1.82, 2.24) is 9.88 Å². The zero-order valence-electron chi connectivity index (χ0n) is 11.4. The number of rotatable bonds is 1. The van der Waals surface area contributed by atoms with Gasteiger partial charge in [-0.05, 0) is 31.0 Å². The number of benzene rings is 1. The summed E-state index contributed by atoms with van der Waals surface area (Å²) in [6.45, 7) is 1.23. The molecule has 3 rings (SSSR count). The Hall–Kier alpha value is -1.66. The number of piperidine rings is 1. The number of fused-ring (bicyclic) bond motifs is 1. The fourth-order valence-corrected chi connectivity index (χ4v) is 3.13. The maximum absolute atomic E-state index is 12.7. The van der Waals surface area contributed by atoms with E-state index in [2.05, 4.69) is 20.9 Å². The van der Waals surface area contributed by atoms with Gasteiger partial charge in [-0.2, -0.15) is 0 Å². The monoisotopic (exact) mass is 349 g/mol. The van der Waals surface area contributed by atoms with Crippen molar-refractivity contribution in [3.8, 4) is 0 Å². The van der Waals surface area contributed by atoms with Gasteiger partial charge in [0, 0.05) is 40.6 Å².